The number of halogens is 1. The first-order chi connectivity index (χ1) is 16.9. The number of nitrogens with zero attached hydrogens (tertiary/aromatic N) is 3. The molecule has 1 saturated heterocycles. The smallest absolute Gasteiger partial charge is 0.341 e. The lowest BCUT2D eigenvalue weighted by Gasteiger charge is -2.48. The Morgan fingerprint density at radius 2 is 2.11 bits per heavy atom. The normalized spacial score (nSPS) is 27.3. The Morgan fingerprint density at radius 1 is 1.31 bits per heavy atom. The molecule has 4 heterocycles. The Balaban J connectivity index is 1.41. The minimum atomic E-state index is -1.34. The highest BCUT2D eigenvalue weighted by molar-refractivity contribution is 5.89. The number of aromatic carboxylic acids is 1. The maximum absolute atomic E-state index is 15.9. The van der Waals surface area contributed by atoms with Crippen LogP contribution in [0.1, 0.15) is 59.8 Å². The number of fused-ring (bicyclic) bond motifs is 1. The summed E-state index contributed by atoms with van der Waals surface area (Å²) in [6.07, 6.45) is 6.78. The van der Waals surface area contributed by atoms with E-state index in [4.69, 9.17) is 10.5 Å². The molecule has 1 saturated carbocycles. The fourth-order valence-electron chi connectivity index (χ4n) is 6.34. The SMILES string of the molecule is NC1=C(F)C(N2CCC(Nc3ccccn3)C2)C2OCC3(CCCC3)n3cc(C(=O)O)c(=O)c1c32. The van der Waals surface area contributed by atoms with Gasteiger partial charge in [0.1, 0.15) is 23.3 Å². The van der Waals surface area contributed by atoms with Gasteiger partial charge in [-0.3, -0.25) is 9.69 Å². The summed E-state index contributed by atoms with van der Waals surface area (Å²) in [6, 6.07) is 4.94. The molecule has 2 aliphatic carbocycles. The van der Waals surface area contributed by atoms with E-state index in [1.165, 1.54) is 6.20 Å². The summed E-state index contributed by atoms with van der Waals surface area (Å²) in [6.45, 7) is 1.52. The van der Waals surface area contributed by atoms with Gasteiger partial charge in [-0.25, -0.2) is 14.2 Å². The molecule has 2 aromatic heterocycles. The van der Waals surface area contributed by atoms with Crippen molar-refractivity contribution in [2.45, 2.75) is 55.8 Å². The standard InChI is InChI=1S/C25H28FN5O4/c26-18-19(27)17-20-23(21(18)30-10-6-14(11-30)29-16-5-1-4-9-28-16)35-13-25(7-2-3-8-25)31(20)12-15(22(17)32)24(33)34/h1,4-5,9,12,14,21,23H,2-3,6-8,10-11,13,27H2,(H,28,29)(H,33,34). The zero-order chi connectivity index (χ0) is 24.3. The number of carboxylic acid groups (broad SMARTS) is 1. The minimum absolute atomic E-state index is 0.0583. The fourth-order valence-corrected chi connectivity index (χ4v) is 6.34. The summed E-state index contributed by atoms with van der Waals surface area (Å²) in [5, 5.41) is 13.1. The number of nitrogens with one attached hydrogen (secondary N) is 1. The van der Waals surface area contributed by atoms with Gasteiger partial charge in [0.05, 0.1) is 35.1 Å². The van der Waals surface area contributed by atoms with E-state index in [-0.39, 0.29) is 22.9 Å². The summed E-state index contributed by atoms with van der Waals surface area (Å²) in [4.78, 5) is 31.4. The molecule has 3 unspecified atom stereocenters. The number of carbonyl (C=O) groups is 1. The quantitative estimate of drug-likeness (QED) is 0.609. The van der Waals surface area contributed by atoms with Crippen molar-refractivity contribution in [3.05, 3.63) is 63.5 Å². The number of rotatable bonds is 4. The van der Waals surface area contributed by atoms with Crippen LogP contribution in [-0.2, 0) is 10.3 Å². The Morgan fingerprint density at radius 3 is 2.83 bits per heavy atom. The number of likely N-dealkylation sites (tertiary alicyclic amines) is 1. The third-order valence-corrected chi connectivity index (χ3v) is 8.03. The number of aromatic nitrogens is 2. The van der Waals surface area contributed by atoms with Gasteiger partial charge in [0.25, 0.3) is 0 Å². The van der Waals surface area contributed by atoms with E-state index in [1.54, 1.807) is 6.20 Å². The van der Waals surface area contributed by atoms with Crippen LogP contribution in [0.5, 0.6) is 0 Å². The van der Waals surface area contributed by atoms with Gasteiger partial charge in [-0.05, 0) is 31.4 Å². The second-order valence-corrected chi connectivity index (χ2v) is 10.0. The van der Waals surface area contributed by atoms with Gasteiger partial charge in [0.2, 0.25) is 5.43 Å². The molecule has 0 bridgehead atoms. The van der Waals surface area contributed by atoms with Crippen LogP contribution >= 0.6 is 0 Å². The first-order valence-corrected chi connectivity index (χ1v) is 12.1. The third-order valence-electron chi connectivity index (χ3n) is 8.03. The van der Waals surface area contributed by atoms with Gasteiger partial charge < -0.3 is 25.5 Å². The van der Waals surface area contributed by atoms with Crippen molar-refractivity contribution < 1.29 is 19.0 Å². The number of hydrogen-bond donors (Lipinski definition) is 3. The Bertz CT molecular complexity index is 1270. The molecule has 4 aliphatic rings. The lowest BCUT2D eigenvalue weighted by Crippen LogP contribution is -2.53. The van der Waals surface area contributed by atoms with E-state index in [9.17, 15) is 14.7 Å². The highest BCUT2D eigenvalue weighted by atomic mass is 19.1. The van der Waals surface area contributed by atoms with Crippen molar-refractivity contribution >= 4 is 17.5 Å². The second-order valence-electron chi connectivity index (χ2n) is 10.0. The molecule has 2 fully saturated rings. The molecule has 184 valence electrons. The lowest BCUT2D eigenvalue weighted by molar-refractivity contribution is -0.0758. The van der Waals surface area contributed by atoms with Crippen LogP contribution in [0.15, 0.2) is 41.2 Å². The number of pyridine rings is 2. The number of hydrogen-bond acceptors (Lipinski definition) is 7. The summed E-state index contributed by atoms with van der Waals surface area (Å²) in [5.41, 5.74) is 4.86. The zero-order valence-electron chi connectivity index (χ0n) is 19.2. The molecule has 35 heavy (non-hydrogen) atoms. The molecule has 6 rings (SSSR count). The fraction of sp³-hybridized carbons (Fsp3) is 0.480. The number of nitrogens with two attached hydrogens (primary N) is 1. The predicted octanol–water partition coefficient (Wildman–Crippen LogP) is 2.45. The molecule has 2 aromatic rings. The highest BCUT2D eigenvalue weighted by Crippen LogP contribution is 2.49. The molecule has 2 aliphatic heterocycles. The van der Waals surface area contributed by atoms with Gasteiger partial charge in [-0.1, -0.05) is 18.9 Å². The van der Waals surface area contributed by atoms with E-state index in [1.807, 2.05) is 27.7 Å². The maximum Gasteiger partial charge on any atom is 0.341 e. The minimum Gasteiger partial charge on any atom is -0.477 e. The number of ether oxygens (including phenoxy) is 1. The van der Waals surface area contributed by atoms with Crippen molar-refractivity contribution in [3.8, 4) is 0 Å². The van der Waals surface area contributed by atoms with Crippen molar-refractivity contribution in [2.24, 2.45) is 5.73 Å². The van der Waals surface area contributed by atoms with Gasteiger partial charge in [0.15, 0.2) is 0 Å². The molecule has 3 atom stereocenters. The molecule has 0 radical (unpaired) electrons. The predicted molar refractivity (Wildman–Crippen MR) is 127 cm³/mol. The Labute approximate surface area is 201 Å². The van der Waals surface area contributed by atoms with Crippen molar-refractivity contribution in [2.75, 3.05) is 25.0 Å². The van der Waals surface area contributed by atoms with Crippen LogP contribution < -0.4 is 16.5 Å². The molecule has 9 nitrogen and oxygen atoms in total. The highest BCUT2D eigenvalue weighted by Gasteiger charge is 2.51. The van der Waals surface area contributed by atoms with Crippen LogP contribution in [-0.4, -0.2) is 57.3 Å². The van der Waals surface area contributed by atoms with E-state index in [0.29, 0.717) is 25.4 Å². The monoisotopic (exact) mass is 481 g/mol. The molecule has 1 spiro atoms. The largest absolute Gasteiger partial charge is 0.477 e. The van der Waals surface area contributed by atoms with Crippen molar-refractivity contribution in [3.63, 3.8) is 0 Å². The molecule has 10 heteroatoms. The van der Waals surface area contributed by atoms with Gasteiger partial charge in [-0.15, -0.1) is 0 Å². The number of anilines is 1. The van der Waals surface area contributed by atoms with Crippen LogP contribution in [0.25, 0.3) is 5.70 Å². The van der Waals surface area contributed by atoms with E-state index in [0.717, 1.165) is 37.9 Å². The molecule has 4 N–H and O–H groups in total. The average molecular weight is 482 g/mol. The van der Waals surface area contributed by atoms with Crippen LogP contribution in [0.3, 0.4) is 0 Å². The van der Waals surface area contributed by atoms with Crippen LogP contribution in [0.4, 0.5) is 10.2 Å². The maximum atomic E-state index is 15.9. The first kappa shape index (κ1) is 22.2. The summed E-state index contributed by atoms with van der Waals surface area (Å²) < 4.78 is 24.2. The molecular weight excluding hydrogens is 453 g/mol. The van der Waals surface area contributed by atoms with Crippen molar-refractivity contribution in [1.82, 2.24) is 14.5 Å². The van der Waals surface area contributed by atoms with E-state index in [2.05, 4.69) is 10.3 Å². The summed E-state index contributed by atoms with van der Waals surface area (Å²) >= 11 is 0. The molecule has 0 aromatic carbocycles. The molecule has 0 amide bonds. The number of carboxylic acids is 1. The van der Waals surface area contributed by atoms with Gasteiger partial charge in [-0.2, -0.15) is 0 Å². The van der Waals surface area contributed by atoms with Crippen LogP contribution in [0, 0.1) is 0 Å². The van der Waals surface area contributed by atoms with Crippen LogP contribution in [0.2, 0.25) is 0 Å². The summed E-state index contributed by atoms with van der Waals surface area (Å²) in [5.74, 6) is -1.21. The van der Waals surface area contributed by atoms with Gasteiger partial charge in [0, 0.05) is 31.5 Å². The third kappa shape index (κ3) is 3.38. The average Bonchev–Trinajstić information content (AvgIpc) is 3.50. The van der Waals surface area contributed by atoms with E-state index < -0.39 is 34.9 Å². The Kier molecular flexibility index (Phi) is 5.19. The second kappa shape index (κ2) is 8.17. The molecular formula is C25H28FN5O4. The zero-order valence-corrected chi connectivity index (χ0v) is 19.2. The summed E-state index contributed by atoms with van der Waals surface area (Å²) in [7, 11) is 0. The topological polar surface area (TPSA) is 123 Å². The first-order valence-electron chi connectivity index (χ1n) is 12.1. The Hall–Kier alpha value is -3.24. The van der Waals surface area contributed by atoms with E-state index >= 15 is 4.39 Å². The lowest BCUT2D eigenvalue weighted by atomic mass is 9.84. The van der Waals surface area contributed by atoms with Crippen molar-refractivity contribution in [1.29, 1.82) is 0 Å². The van der Waals surface area contributed by atoms with Gasteiger partial charge >= 0.3 is 5.97 Å².